The lowest BCUT2D eigenvalue weighted by Crippen LogP contribution is -2.31. The van der Waals surface area contributed by atoms with E-state index in [1.165, 1.54) is 11.1 Å². The third-order valence-corrected chi connectivity index (χ3v) is 5.17. The van der Waals surface area contributed by atoms with Gasteiger partial charge in [0, 0.05) is 19.8 Å². The predicted octanol–water partition coefficient (Wildman–Crippen LogP) is 6.38. The third-order valence-electron chi connectivity index (χ3n) is 5.17. The van der Waals surface area contributed by atoms with Crippen LogP contribution in [0.15, 0.2) is 46.3 Å². The molecule has 0 aliphatic heterocycles. The zero-order valence-electron chi connectivity index (χ0n) is 19.8. The molecule has 5 nitrogen and oxygen atoms in total. The van der Waals surface area contributed by atoms with Gasteiger partial charge in [0.05, 0.1) is 0 Å². The van der Waals surface area contributed by atoms with Crippen LogP contribution in [0.5, 0.6) is 0 Å². The standard InChI is InChI=1S/C25H42O5/c1-7-8-9-13-21-16-23(29-17-27-5)22(24(26)25(21)30-18-28-6)15-14-20(4)12-10-11-19(2)3/h11,14,16,23,25-26H,7-10,12-13,15,17-18H2,1-6H3/b20-14+. The molecule has 1 aliphatic carbocycles. The molecule has 0 aromatic rings. The molecule has 0 amide bonds. The first-order valence-corrected chi connectivity index (χ1v) is 11.1. The van der Waals surface area contributed by atoms with Gasteiger partial charge in [-0.1, -0.05) is 43.1 Å². The summed E-state index contributed by atoms with van der Waals surface area (Å²) < 4.78 is 22.0. The van der Waals surface area contributed by atoms with Crippen LogP contribution in [0.2, 0.25) is 0 Å². The fourth-order valence-corrected chi connectivity index (χ4v) is 3.47. The molecule has 0 fully saturated rings. The summed E-state index contributed by atoms with van der Waals surface area (Å²) in [5, 5.41) is 11.1. The Bertz CT molecular complexity index is 611. The molecule has 2 unspecified atom stereocenters. The number of hydrogen-bond acceptors (Lipinski definition) is 5. The molecule has 30 heavy (non-hydrogen) atoms. The van der Waals surface area contributed by atoms with Gasteiger partial charge in [0.1, 0.15) is 31.6 Å². The topological polar surface area (TPSA) is 57.2 Å². The Hall–Kier alpha value is -1.40. The highest BCUT2D eigenvalue weighted by Crippen LogP contribution is 2.33. The molecule has 0 spiro atoms. The van der Waals surface area contributed by atoms with Crippen LogP contribution in [-0.2, 0) is 18.9 Å². The normalized spacial score (nSPS) is 19.8. The first-order valence-electron chi connectivity index (χ1n) is 11.1. The Morgan fingerprint density at radius 3 is 2.37 bits per heavy atom. The van der Waals surface area contributed by atoms with Gasteiger partial charge in [-0.05, 0) is 64.5 Å². The molecule has 2 atom stereocenters. The molecule has 0 aromatic carbocycles. The molecule has 1 aliphatic rings. The summed E-state index contributed by atoms with van der Waals surface area (Å²) in [6.07, 6.45) is 12.6. The smallest absolute Gasteiger partial charge is 0.147 e. The average molecular weight is 423 g/mol. The van der Waals surface area contributed by atoms with Gasteiger partial charge in [-0.3, -0.25) is 0 Å². The van der Waals surface area contributed by atoms with E-state index in [1.54, 1.807) is 14.2 Å². The second kappa shape index (κ2) is 15.4. The van der Waals surface area contributed by atoms with E-state index in [0.29, 0.717) is 6.42 Å². The molecule has 0 aromatic heterocycles. The molecule has 1 N–H and O–H groups in total. The van der Waals surface area contributed by atoms with Crippen molar-refractivity contribution < 1.29 is 24.1 Å². The van der Waals surface area contributed by atoms with Crippen LogP contribution in [0.3, 0.4) is 0 Å². The summed E-state index contributed by atoms with van der Waals surface area (Å²) in [6, 6.07) is 0. The number of hydrogen-bond donors (Lipinski definition) is 1. The molecule has 172 valence electrons. The minimum Gasteiger partial charge on any atom is -0.509 e. The van der Waals surface area contributed by atoms with Gasteiger partial charge in [-0.2, -0.15) is 0 Å². The van der Waals surface area contributed by atoms with Crippen molar-refractivity contribution in [3.63, 3.8) is 0 Å². The maximum Gasteiger partial charge on any atom is 0.147 e. The SMILES string of the molecule is CCCCCC1=CC(OCOC)C(C/C=C(\C)CCC=C(C)C)=C(O)C1OCOC. The lowest BCUT2D eigenvalue weighted by Gasteiger charge is -2.31. The fourth-order valence-electron chi connectivity index (χ4n) is 3.47. The molecule has 0 heterocycles. The maximum atomic E-state index is 11.1. The van der Waals surface area contributed by atoms with E-state index < -0.39 is 6.10 Å². The van der Waals surface area contributed by atoms with E-state index in [0.717, 1.165) is 49.7 Å². The average Bonchev–Trinajstić information content (AvgIpc) is 2.71. The minimum absolute atomic E-state index is 0.133. The van der Waals surface area contributed by atoms with Crippen molar-refractivity contribution in [1.82, 2.24) is 0 Å². The molecular formula is C25H42O5. The van der Waals surface area contributed by atoms with Crippen molar-refractivity contribution in [3.05, 3.63) is 46.3 Å². The van der Waals surface area contributed by atoms with Crippen LogP contribution in [0, 0.1) is 0 Å². The monoisotopic (exact) mass is 422 g/mol. The first-order chi connectivity index (χ1) is 14.4. The number of rotatable bonds is 15. The number of ether oxygens (including phenoxy) is 4. The van der Waals surface area contributed by atoms with E-state index >= 15 is 0 Å². The lowest BCUT2D eigenvalue weighted by molar-refractivity contribution is -0.0695. The molecule has 0 radical (unpaired) electrons. The summed E-state index contributed by atoms with van der Waals surface area (Å²) >= 11 is 0. The number of aliphatic hydroxyl groups excluding tert-OH is 1. The zero-order chi connectivity index (χ0) is 22.4. The van der Waals surface area contributed by atoms with Crippen molar-refractivity contribution in [2.75, 3.05) is 27.8 Å². The fraction of sp³-hybridized carbons (Fsp3) is 0.680. The highest BCUT2D eigenvalue weighted by molar-refractivity contribution is 5.37. The highest BCUT2D eigenvalue weighted by Gasteiger charge is 2.31. The summed E-state index contributed by atoms with van der Waals surface area (Å²) in [5.74, 6) is 0.246. The summed E-state index contributed by atoms with van der Waals surface area (Å²) in [7, 11) is 3.20. The van der Waals surface area contributed by atoms with Crippen molar-refractivity contribution >= 4 is 0 Å². The van der Waals surface area contributed by atoms with Crippen molar-refractivity contribution in [2.45, 2.75) is 84.8 Å². The van der Waals surface area contributed by atoms with E-state index in [9.17, 15) is 5.11 Å². The Labute approximate surface area is 183 Å². The van der Waals surface area contributed by atoms with Crippen LogP contribution in [0.1, 0.15) is 72.6 Å². The van der Waals surface area contributed by atoms with Crippen LogP contribution in [0.4, 0.5) is 0 Å². The molecular weight excluding hydrogens is 380 g/mol. The van der Waals surface area contributed by atoms with Crippen molar-refractivity contribution in [1.29, 1.82) is 0 Å². The Balaban J connectivity index is 3.04. The number of methoxy groups -OCH3 is 2. The highest BCUT2D eigenvalue weighted by atomic mass is 16.7. The summed E-state index contributed by atoms with van der Waals surface area (Å²) in [4.78, 5) is 0. The summed E-state index contributed by atoms with van der Waals surface area (Å²) in [5.41, 5.74) is 4.51. The third kappa shape index (κ3) is 9.61. The summed E-state index contributed by atoms with van der Waals surface area (Å²) in [6.45, 7) is 8.86. The second-order valence-electron chi connectivity index (χ2n) is 8.13. The second-order valence-corrected chi connectivity index (χ2v) is 8.13. The molecule has 5 heteroatoms. The van der Waals surface area contributed by atoms with Crippen LogP contribution in [0.25, 0.3) is 0 Å². The van der Waals surface area contributed by atoms with E-state index in [2.05, 4.69) is 45.9 Å². The largest absolute Gasteiger partial charge is 0.509 e. The van der Waals surface area contributed by atoms with Crippen molar-refractivity contribution in [3.8, 4) is 0 Å². The van der Waals surface area contributed by atoms with Gasteiger partial charge in [-0.15, -0.1) is 0 Å². The van der Waals surface area contributed by atoms with Crippen LogP contribution >= 0.6 is 0 Å². The van der Waals surface area contributed by atoms with Crippen molar-refractivity contribution in [2.24, 2.45) is 0 Å². The van der Waals surface area contributed by atoms with Crippen LogP contribution < -0.4 is 0 Å². The lowest BCUT2D eigenvalue weighted by atomic mass is 9.87. The number of aliphatic hydroxyl groups is 1. The number of unbranched alkanes of at least 4 members (excludes halogenated alkanes) is 2. The van der Waals surface area contributed by atoms with Crippen LogP contribution in [-0.4, -0.2) is 45.1 Å². The Morgan fingerprint density at radius 2 is 1.73 bits per heavy atom. The predicted molar refractivity (Wildman–Crippen MR) is 122 cm³/mol. The molecule has 0 saturated heterocycles. The Morgan fingerprint density at radius 1 is 1.03 bits per heavy atom. The van der Waals surface area contributed by atoms with Gasteiger partial charge >= 0.3 is 0 Å². The zero-order valence-corrected chi connectivity index (χ0v) is 19.8. The van der Waals surface area contributed by atoms with E-state index in [-0.39, 0.29) is 25.4 Å². The van der Waals surface area contributed by atoms with Gasteiger partial charge in [0.15, 0.2) is 0 Å². The number of allylic oxidation sites excluding steroid dienone is 4. The van der Waals surface area contributed by atoms with Gasteiger partial charge in [0.25, 0.3) is 0 Å². The minimum atomic E-state index is -0.474. The molecule has 1 rings (SSSR count). The molecule has 0 saturated carbocycles. The van der Waals surface area contributed by atoms with E-state index in [4.69, 9.17) is 18.9 Å². The van der Waals surface area contributed by atoms with E-state index in [1.807, 2.05) is 0 Å². The van der Waals surface area contributed by atoms with Gasteiger partial charge in [-0.25, -0.2) is 0 Å². The van der Waals surface area contributed by atoms with Gasteiger partial charge in [0.2, 0.25) is 0 Å². The maximum absolute atomic E-state index is 11.1. The first kappa shape index (κ1) is 26.6. The molecule has 0 bridgehead atoms. The Kier molecular flexibility index (Phi) is 13.7. The quantitative estimate of drug-likeness (QED) is 0.188. The van der Waals surface area contributed by atoms with Gasteiger partial charge < -0.3 is 24.1 Å².